The van der Waals surface area contributed by atoms with Crippen molar-refractivity contribution in [1.29, 1.82) is 0 Å². The van der Waals surface area contributed by atoms with E-state index in [2.05, 4.69) is 0 Å². The lowest BCUT2D eigenvalue weighted by Crippen LogP contribution is -2.22. The smallest absolute Gasteiger partial charge is 0.332 e. The van der Waals surface area contributed by atoms with Crippen LogP contribution >= 0.6 is 0 Å². The van der Waals surface area contributed by atoms with Crippen LogP contribution in [0, 0.1) is 5.92 Å². The highest BCUT2D eigenvalue weighted by Gasteiger charge is 2.18. The number of hydrogen-bond donors (Lipinski definition) is 1. The van der Waals surface area contributed by atoms with Crippen LogP contribution in [-0.2, 0) is 9.53 Å². The first-order valence-electron chi connectivity index (χ1n) is 5.49. The van der Waals surface area contributed by atoms with Crippen LogP contribution in [0.15, 0.2) is 0 Å². The lowest BCUT2D eigenvalue weighted by molar-refractivity contribution is -0.148. The minimum absolute atomic E-state index is 0.601. The Morgan fingerprint density at radius 3 is 2.64 bits per heavy atom. The molecule has 0 aromatic rings. The molecule has 3 nitrogen and oxygen atoms in total. The van der Waals surface area contributed by atoms with Crippen LogP contribution < -0.4 is 0 Å². The Balaban J connectivity index is 2.09. The number of ether oxygens (including phenoxy) is 1. The summed E-state index contributed by atoms with van der Waals surface area (Å²) < 4.78 is 4.88. The summed E-state index contributed by atoms with van der Waals surface area (Å²) in [5.74, 6) is 0.0141. The Hall–Kier alpha value is -0.570. The van der Waals surface area contributed by atoms with Crippen LogP contribution in [0.1, 0.15) is 44.9 Å². The van der Waals surface area contributed by atoms with Crippen molar-refractivity contribution in [3.05, 3.63) is 0 Å². The van der Waals surface area contributed by atoms with Gasteiger partial charge < -0.3 is 9.84 Å². The van der Waals surface area contributed by atoms with E-state index in [1.807, 2.05) is 0 Å². The van der Waals surface area contributed by atoms with Gasteiger partial charge in [-0.1, -0.05) is 32.1 Å². The maximum atomic E-state index is 10.6. The molecule has 0 aromatic heterocycles. The lowest BCUT2D eigenvalue weighted by atomic mass is 9.99. The van der Waals surface area contributed by atoms with Crippen molar-refractivity contribution in [3.8, 4) is 0 Å². The van der Waals surface area contributed by atoms with Gasteiger partial charge in [0.05, 0.1) is 0 Å². The summed E-state index contributed by atoms with van der Waals surface area (Å²) in [6, 6.07) is 0. The average Bonchev–Trinajstić information content (AvgIpc) is 2.64. The van der Waals surface area contributed by atoms with Crippen molar-refractivity contribution < 1.29 is 14.6 Å². The molecule has 1 rings (SSSR count). The molecule has 1 saturated carbocycles. The van der Waals surface area contributed by atoms with Gasteiger partial charge in [-0.2, -0.15) is 0 Å². The third-order valence-corrected chi connectivity index (χ3v) is 3.11. The van der Waals surface area contributed by atoms with Gasteiger partial charge in [-0.05, 0) is 18.8 Å². The molecule has 1 N–H and O–H groups in total. The van der Waals surface area contributed by atoms with Crippen molar-refractivity contribution in [1.82, 2.24) is 0 Å². The van der Waals surface area contributed by atoms with Gasteiger partial charge in [-0.15, -0.1) is 0 Å². The van der Waals surface area contributed by atoms with Crippen LogP contribution in [0.4, 0.5) is 0 Å². The third-order valence-electron chi connectivity index (χ3n) is 3.11. The molecular weight excluding hydrogens is 180 g/mol. The molecule has 82 valence electrons. The van der Waals surface area contributed by atoms with E-state index in [4.69, 9.17) is 9.84 Å². The number of aliphatic carboxylic acids is 1. The second kappa shape index (κ2) is 6.02. The van der Waals surface area contributed by atoms with E-state index in [1.54, 1.807) is 0 Å². The molecule has 3 heteroatoms. The first kappa shape index (κ1) is 11.5. The molecule has 1 fully saturated rings. The van der Waals surface area contributed by atoms with Crippen molar-refractivity contribution >= 4 is 5.97 Å². The van der Waals surface area contributed by atoms with Gasteiger partial charge in [-0.3, -0.25) is 0 Å². The van der Waals surface area contributed by atoms with Crippen LogP contribution in [0.5, 0.6) is 0 Å². The van der Waals surface area contributed by atoms with E-state index in [0.29, 0.717) is 6.42 Å². The van der Waals surface area contributed by atoms with Crippen LogP contribution in [0.2, 0.25) is 0 Å². The van der Waals surface area contributed by atoms with Crippen LogP contribution in [0.25, 0.3) is 0 Å². The molecule has 1 atom stereocenters. The fourth-order valence-corrected chi connectivity index (χ4v) is 2.23. The molecule has 0 spiro atoms. The molecular formula is C11H20O3. The Bertz CT molecular complexity index is 173. The van der Waals surface area contributed by atoms with Gasteiger partial charge in [0, 0.05) is 7.11 Å². The summed E-state index contributed by atoms with van der Waals surface area (Å²) >= 11 is 0. The number of carboxylic acid groups (broad SMARTS) is 1. The van der Waals surface area contributed by atoms with Crippen molar-refractivity contribution in [3.63, 3.8) is 0 Å². The summed E-state index contributed by atoms with van der Waals surface area (Å²) in [4.78, 5) is 10.6. The molecule has 14 heavy (non-hydrogen) atoms. The maximum absolute atomic E-state index is 10.6. The van der Waals surface area contributed by atoms with E-state index in [9.17, 15) is 4.79 Å². The average molecular weight is 200 g/mol. The summed E-state index contributed by atoms with van der Waals surface area (Å²) in [5, 5.41) is 8.74. The van der Waals surface area contributed by atoms with E-state index in [1.165, 1.54) is 39.2 Å². The zero-order valence-corrected chi connectivity index (χ0v) is 8.87. The summed E-state index contributed by atoms with van der Waals surface area (Å²) in [5.41, 5.74) is 0. The molecule has 1 aliphatic carbocycles. The van der Waals surface area contributed by atoms with Crippen molar-refractivity contribution in [2.45, 2.75) is 51.0 Å². The predicted molar refractivity (Wildman–Crippen MR) is 54.2 cm³/mol. The standard InChI is InChI=1S/C11H20O3/c1-14-10(11(12)13)8-4-7-9-5-2-3-6-9/h9-10H,2-8H2,1H3,(H,12,13). The number of hydrogen-bond acceptors (Lipinski definition) is 2. The molecule has 0 bridgehead atoms. The van der Waals surface area contributed by atoms with Gasteiger partial charge in [0.15, 0.2) is 6.10 Å². The van der Waals surface area contributed by atoms with E-state index in [0.717, 1.165) is 12.3 Å². The number of rotatable bonds is 6. The molecule has 1 aliphatic rings. The Morgan fingerprint density at radius 1 is 1.50 bits per heavy atom. The zero-order valence-electron chi connectivity index (χ0n) is 8.87. The number of methoxy groups -OCH3 is 1. The minimum Gasteiger partial charge on any atom is -0.479 e. The molecule has 0 aromatic carbocycles. The minimum atomic E-state index is -0.834. The lowest BCUT2D eigenvalue weighted by Gasteiger charge is -2.12. The van der Waals surface area contributed by atoms with Crippen molar-refractivity contribution in [2.75, 3.05) is 7.11 Å². The second-order valence-electron chi connectivity index (χ2n) is 4.14. The van der Waals surface area contributed by atoms with Gasteiger partial charge in [0.2, 0.25) is 0 Å². The monoisotopic (exact) mass is 200 g/mol. The van der Waals surface area contributed by atoms with E-state index < -0.39 is 12.1 Å². The summed E-state index contributed by atoms with van der Waals surface area (Å²) in [6.07, 6.45) is 7.60. The fraction of sp³-hybridized carbons (Fsp3) is 0.909. The first-order valence-corrected chi connectivity index (χ1v) is 5.49. The molecule has 0 heterocycles. The van der Waals surface area contributed by atoms with Gasteiger partial charge in [-0.25, -0.2) is 4.79 Å². The SMILES string of the molecule is COC(CCCC1CCCC1)C(=O)O. The van der Waals surface area contributed by atoms with Crippen LogP contribution in [-0.4, -0.2) is 24.3 Å². The molecule has 0 aliphatic heterocycles. The summed E-state index contributed by atoms with van der Waals surface area (Å²) in [7, 11) is 1.47. The fourth-order valence-electron chi connectivity index (χ4n) is 2.23. The van der Waals surface area contributed by atoms with Crippen LogP contribution in [0.3, 0.4) is 0 Å². The van der Waals surface area contributed by atoms with E-state index in [-0.39, 0.29) is 0 Å². The third kappa shape index (κ3) is 3.66. The van der Waals surface area contributed by atoms with Gasteiger partial charge in [0.25, 0.3) is 0 Å². The summed E-state index contributed by atoms with van der Waals surface area (Å²) in [6.45, 7) is 0. The van der Waals surface area contributed by atoms with E-state index >= 15 is 0 Å². The number of carboxylic acids is 1. The highest BCUT2D eigenvalue weighted by molar-refractivity contribution is 5.72. The highest BCUT2D eigenvalue weighted by atomic mass is 16.5. The van der Waals surface area contributed by atoms with Gasteiger partial charge >= 0.3 is 5.97 Å². The number of carbonyl (C=O) groups is 1. The van der Waals surface area contributed by atoms with Gasteiger partial charge in [0.1, 0.15) is 0 Å². The maximum Gasteiger partial charge on any atom is 0.332 e. The highest BCUT2D eigenvalue weighted by Crippen LogP contribution is 2.29. The Kier molecular flexibility index (Phi) is 4.94. The molecule has 0 radical (unpaired) electrons. The first-order chi connectivity index (χ1) is 6.74. The quantitative estimate of drug-likeness (QED) is 0.716. The Morgan fingerprint density at radius 2 is 2.14 bits per heavy atom. The topological polar surface area (TPSA) is 46.5 Å². The molecule has 0 amide bonds. The Labute approximate surface area is 85.5 Å². The normalized spacial score (nSPS) is 19.8. The predicted octanol–water partition coefficient (Wildman–Crippen LogP) is 2.45. The molecule has 0 saturated heterocycles. The zero-order chi connectivity index (χ0) is 10.4. The second-order valence-corrected chi connectivity index (χ2v) is 4.14. The largest absolute Gasteiger partial charge is 0.479 e. The van der Waals surface area contributed by atoms with Crippen molar-refractivity contribution in [2.24, 2.45) is 5.92 Å². The molecule has 1 unspecified atom stereocenters.